The van der Waals surface area contributed by atoms with Crippen LogP contribution in [-0.2, 0) is 9.59 Å². The summed E-state index contributed by atoms with van der Waals surface area (Å²) in [4.78, 5) is 26.5. The molecule has 0 unspecified atom stereocenters. The summed E-state index contributed by atoms with van der Waals surface area (Å²) in [6, 6.07) is 7.36. The van der Waals surface area contributed by atoms with Crippen LogP contribution in [0.15, 0.2) is 33.8 Å². The van der Waals surface area contributed by atoms with Crippen molar-refractivity contribution in [2.24, 2.45) is 5.10 Å². The SMILES string of the molecule is O=C(C1=NN(c2ccc(Br)cc2)C(=O)CC1)N1CCCCC1. The second-order valence-corrected chi connectivity index (χ2v) is 6.50. The molecule has 2 aliphatic heterocycles. The highest BCUT2D eigenvalue weighted by molar-refractivity contribution is 9.10. The Hall–Kier alpha value is -1.69. The van der Waals surface area contributed by atoms with E-state index < -0.39 is 0 Å². The van der Waals surface area contributed by atoms with E-state index in [-0.39, 0.29) is 11.8 Å². The lowest BCUT2D eigenvalue weighted by atomic mass is 10.1. The smallest absolute Gasteiger partial charge is 0.270 e. The van der Waals surface area contributed by atoms with Gasteiger partial charge in [0.25, 0.3) is 5.91 Å². The Balaban J connectivity index is 1.82. The maximum Gasteiger partial charge on any atom is 0.270 e. The number of hydrazone groups is 1. The summed E-state index contributed by atoms with van der Waals surface area (Å²) in [6.07, 6.45) is 4.04. The molecule has 0 atom stereocenters. The number of hydrogen-bond donors (Lipinski definition) is 0. The molecule has 0 aliphatic carbocycles. The number of amides is 2. The minimum atomic E-state index is -0.0717. The van der Waals surface area contributed by atoms with Crippen LogP contribution in [0.1, 0.15) is 32.1 Å². The second kappa shape index (κ2) is 6.60. The van der Waals surface area contributed by atoms with Gasteiger partial charge in [-0.15, -0.1) is 0 Å². The number of benzene rings is 1. The molecule has 0 aromatic heterocycles. The first-order chi connectivity index (χ1) is 10.6. The summed E-state index contributed by atoms with van der Waals surface area (Å²) in [5.74, 6) is -0.0909. The van der Waals surface area contributed by atoms with Gasteiger partial charge < -0.3 is 4.90 Å². The normalized spacial score (nSPS) is 19.1. The predicted molar refractivity (Wildman–Crippen MR) is 88.7 cm³/mol. The molecule has 2 aliphatic rings. The molecule has 116 valence electrons. The monoisotopic (exact) mass is 363 g/mol. The minimum Gasteiger partial charge on any atom is -0.338 e. The van der Waals surface area contributed by atoms with Gasteiger partial charge in [0, 0.05) is 30.4 Å². The Morgan fingerprint density at radius 1 is 1.05 bits per heavy atom. The van der Waals surface area contributed by atoms with Crippen LogP contribution in [0.4, 0.5) is 5.69 Å². The number of hydrogen-bond acceptors (Lipinski definition) is 3. The summed E-state index contributed by atoms with van der Waals surface area (Å²) in [7, 11) is 0. The lowest BCUT2D eigenvalue weighted by Gasteiger charge is -2.29. The molecule has 1 saturated heterocycles. The summed E-state index contributed by atoms with van der Waals surface area (Å²) in [5.41, 5.74) is 1.18. The highest BCUT2D eigenvalue weighted by Gasteiger charge is 2.28. The quantitative estimate of drug-likeness (QED) is 0.810. The van der Waals surface area contributed by atoms with Gasteiger partial charge in [-0.05, 0) is 43.5 Å². The van der Waals surface area contributed by atoms with Gasteiger partial charge in [0.15, 0.2) is 0 Å². The fourth-order valence-electron chi connectivity index (χ4n) is 2.77. The van der Waals surface area contributed by atoms with Gasteiger partial charge in [-0.25, -0.2) is 5.01 Å². The van der Waals surface area contributed by atoms with Gasteiger partial charge in [-0.1, -0.05) is 15.9 Å². The minimum absolute atomic E-state index is 0.0192. The molecule has 6 heteroatoms. The topological polar surface area (TPSA) is 53.0 Å². The molecular weight excluding hydrogens is 346 g/mol. The molecule has 0 saturated carbocycles. The van der Waals surface area contributed by atoms with Crippen molar-refractivity contribution in [1.29, 1.82) is 0 Å². The van der Waals surface area contributed by atoms with Crippen LogP contribution in [0.2, 0.25) is 0 Å². The zero-order chi connectivity index (χ0) is 15.5. The molecule has 2 amide bonds. The molecule has 3 rings (SSSR count). The van der Waals surface area contributed by atoms with E-state index in [1.165, 1.54) is 11.4 Å². The first kappa shape index (κ1) is 15.2. The number of carbonyl (C=O) groups excluding carboxylic acids is 2. The van der Waals surface area contributed by atoms with Crippen molar-refractivity contribution >= 4 is 39.1 Å². The van der Waals surface area contributed by atoms with Crippen molar-refractivity contribution in [2.75, 3.05) is 18.1 Å². The van der Waals surface area contributed by atoms with E-state index in [2.05, 4.69) is 21.0 Å². The van der Waals surface area contributed by atoms with Crippen molar-refractivity contribution in [1.82, 2.24) is 4.90 Å². The number of halogens is 1. The molecule has 0 radical (unpaired) electrons. The van der Waals surface area contributed by atoms with Gasteiger partial charge in [0.2, 0.25) is 5.91 Å². The molecule has 0 N–H and O–H groups in total. The van der Waals surface area contributed by atoms with E-state index in [9.17, 15) is 9.59 Å². The number of rotatable bonds is 2. The Kier molecular flexibility index (Phi) is 4.57. The lowest BCUT2D eigenvalue weighted by molar-refractivity contribution is -0.125. The molecule has 1 aromatic rings. The first-order valence-corrected chi connectivity index (χ1v) is 8.40. The Morgan fingerprint density at radius 3 is 2.41 bits per heavy atom. The average Bonchev–Trinajstić information content (AvgIpc) is 2.56. The van der Waals surface area contributed by atoms with E-state index in [1.807, 2.05) is 29.2 Å². The summed E-state index contributed by atoms with van der Waals surface area (Å²) in [5, 5.41) is 5.69. The standard InChI is InChI=1S/C16H18BrN3O2/c17-12-4-6-13(7-5-12)20-15(21)9-8-14(18-20)16(22)19-10-2-1-3-11-19/h4-7H,1-3,8-11H2. The number of piperidine rings is 1. The number of likely N-dealkylation sites (tertiary alicyclic amines) is 1. The zero-order valence-electron chi connectivity index (χ0n) is 12.3. The highest BCUT2D eigenvalue weighted by atomic mass is 79.9. The van der Waals surface area contributed by atoms with Crippen molar-refractivity contribution in [3.05, 3.63) is 28.7 Å². The van der Waals surface area contributed by atoms with Crippen LogP contribution in [0.5, 0.6) is 0 Å². The molecule has 1 fully saturated rings. The Bertz CT molecular complexity index is 606. The molecular formula is C16H18BrN3O2. The van der Waals surface area contributed by atoms with Crippen molar-refractivity contribution in [2.45, 2.75) is 32.1 Å². The van der Waals surface area contributed by atoms with Gasteiger partial charge in [0.05, 0.1) is 5.69 Å². The van der Waals surface area contributed by atoms with E-state index in [0.717, 1.165) is 30.4 Å². The summed E-state index contributed by atoms with van der Waals surface area (Å²) in [6.45, 7) is 1.59. The van der Waals surface area contributed by atoms with Gasteiger partial charge >= 0.3 is 0 Å². The lowest BCUT2D eigenvalue weighted by Crippen LogP contribution is -2.43. The van der Waals surface area contributed by atoms with Gasteiger partial charge in [-0.3, -0.25) is 9.59 Å². The van der Waals surface area contributed by atoms with Crippen molar-refractivity contribution in [3.63, 3.8) is 0 Å². The maximum absolute atomic E-state index is 12.5. The predicted octanol–water partition coefficient (Wildman–Crippen LogP) is 2.94. The maximum atomic E-state index is 12.5. The molecule has 1 aromatic carbocycles. The average molecular weight is 364 g/mol. The van der Waals surface area contributed by atoms with Crippen LogP contribution in [0, 0.1) is 0 Å². The number of nitrogens with zero attached hydrogens (tertiary/aromatic N) is 3. The molecule has 0 spiro atoms. The van der Waals surface area contributed by atoms with Gasteiger partial charge in [-0.2, -0.15) is 5.10 Å². The third kappa shape index (κ3) is 3.21. The molecule has 0 bridgehead atoms. The van der Waals surface area contributed by atoms with Crippen LogP contribution in [0.3, 0.4) is 0 Å². The van der Waals surface area contributed by atoms with Crippen molar-refractivity contribution in [3.8, 4) is 0 Å². The highest BCUT2D eigenvalue weighted by Crippen LogP contribution is 2.23. The molecule has 5 nitrogen and oxygen atoms in total. The number of carbonyl (C=O) groups is 2. The second-order valence-electron chi connectivity index (χ2n) is 5.58. The van der Waals surface area contributed by atoms with Gasteiger partial charge in [0.1, 0.15) is 5.71 Å². The van der Waals surface area contributed by atoms with Crippen LogP contribution < -0.4 is 5.01 Å². The third-order valence-corrected chi connectivity index (χ3v) is 4.52. The van der Waals surface area contributed by atoms with E-state index in [0.29, 0.717) is 24.2 Å². The Labute approximate surface area is 138 Å². The molecule has 22 heavy (non-hydrogen) atoms. The molecule has 2 heterocycles. The van der Waals surface area contributed by atoms with E-state index >= 15 is 0 Å². The summed E-state index contributed by atoms with van der Waals surface area (Å²) >= 11 is 3.37. The fraction of sp³-hybridized carbons (Fsp3) is 0.438. The third-order valence-electron chi connectivity index (χ3n) is 3.99. The van der Waals surface area contributed by atoms with E-state index in [1.54, 1.807) is 0 Å². The summed E-state index contributed by atoms with van der Waals surface area (Å²) < 4.78 is 0.939. The van der Waals surface area contributed by atoms with Crippen molar-refractivity contribution < 1.29 is 9.59 Å². The van der Waals surface area contributed by atoms with E-state index in [4.69, 9.17) is 0 Å². The number of anilines is 1. The Morgan fingerprint density at radius 2 is 1.73 bits per heavy atom. The van der Waals surface area contributed by atoms with Crippen LogP contribution in [-0.4, -0.2) is 35.5 Å². The van der Waals surface area contributed by atoms with Crippen LogP contribution >= 0.6 is 15.9 Å². The largest absolute Gasteiger partial charge is 0.338 e. The zero-order valence-corrected chi connectivity index (χ0v) is 13.9. The fourth-order valence-corrected chi connectivity index (χ4v) is 3.04. The first-order valence-electron chi connectivity index (χ1n) is 7.60. The van der Waals surface area contributed by atoms with Crippen LogP contribution in [0.25, 0.3) is 0 Å².